The molecule has 31 heavy (non-hydrogen) atoms. The molecule has 3 rings (SSSR count). The first-order valence-corrected chi connectivity index (χ1v) is 10.3. The Kier molecular flexibility index (Phi) is 8.01. The number of carbonyl (C=O) groups excluding carboxylic acids is 2. The minimum Gasteiger partial charge on any atom is -0.356 e. The summed E-state index contributed by atoms with van der Waals surface area (Å²) in [5.41, 5.74) is 2.05. The maximum absolute atomic E-state index is 13.3. The summed E-state index contributed by atoms with van der Waals surface area (Å²) >= 11 is 5.99. The van der Waals surface area contributed by atoms with Gasteiger partial charge in [-0.3, -0.25) is 9.69 Å². The number of carbonyl (C=O) groups is 2. The highest BCUT2D eigenvalue weighted by Crippen LogP contribution is 2.19. The summed E-state index contributed by atoms with van der Waals surface area (Å²) in [4.78, 5) is 26.5. The summed E-state index contributed by atoms with van der Waals surface area (Å²) in [6.07, 6.45) is 0.832. The number of nitrogens with one attached hydrogen (secondary N) is 2. The number of hydrogen-bond donors (Lipinski definition) is 2. The standard InChI is InChI=1S/C24H23ClFN3O2/c25-19-8-4-9-21(17-19)28-24(31)29(22-12-10-20(26)11-13-22)15-5-14-27-23(30)16-18-6-2-1-3-7-18/h1-4,6-13,17H,5,14-16H2,(H,27,30)(H,28,31). The van der Waals surface area contributed by atoms with Gasteiger partial charge in [-0.15, -0.1) is 0 Å². The minimum absolute atomic E-state index is 0.0806. The van der Waals surface area contributed by atoms with Crippen molar-refractivity contribution in [2.24, 2.45) is 0 Å². The van der Waals surface area contributed by atoms with Crippen molar-refractivity contribution in [3.63, 3.8) is 0 Å². The van der Waals surface area contributed by atoms with Crippen molar-refractivity contribution in [2.45, 2.75) is 12.8 Å². The number of benzene rings is 3. The van der Waals surface area contributed by atoms with Crippen molar-refractivity contribution in [3.05, 3.63) is 95.3 Å². The number of halogens is 2. The highest BCUT2D eigenvalue weighted by Gasteiger charge is 2.16. The van der Waals surface area contributed by atoms with Crippen LogP contribution in [0, 0.1) is 5.82 Å². The SMILES string of the molecule is O=C(Cc1ccccc1)NCCCN(C(=O)Nc1cccc(Cl)c1)c1ccc(F)cc1. The minimum atomic E-state index is -0.382. The maximum Gasteiger partial charge on any atom is 0.326 e. The summed E-state index contributed by atoms with van der Waals surface area (Å²) in [7, 11) is 0. The lowest BCUT2D eigenvalue weighted by atomic mass is 10.1. The molecule has 0 unspecified atom stereocenters. The van der Waals surface area contributed by atoms with Crippen molar-refractivity contribution in [1.29, 1.82) is 0 Å². The van der Waals surface area contributed by atoms with Crippen LogP contribution in [0.3, 0.4) is 0 Å². The van der Waals surface area contributed by atoms with Crippen LogP contribution in [0.15, 0.2) is 78.9 Å². The van der Waals surface area contributed by atoms with Crippen molar-refractivity contribution in [1.82, 2.24) is 5.32 Å². The topological polar surface area (TPSA) is 61.4 Å². The van der Waals surface area contributed by atoms with Crippen LogP contribution in [0.2, 0.25) is 5.02 Å². The van der Waals surface area contributed by atoms with Gasteiger partial charge in [0.25, 0.3) is 0 Å². The van der Waals surface area contributed by atoms with Gasteiger partial charge in [0.15, 0.2) is 0 Å². The Balaban J connectivity index is 1.58. The van der Waals surface area contributed by atoms with Gasteiger partial charge in [-0.1, -0.05) is 48.0 Å². The Bertz CT molecular complexity index is 1010. The Hall–Kier alpha value is -3.38. The van der Waals surface area contributed by atoms with E-state index in [1.165, 1.54) is 17.0 Å². The summed E-state index contributed by atoms with van der Waals surface area (Å²) < 4.78 is 13.3. The summed E-state index contributed by atoms with van der Waals surface area (Å²) in [5, 5.41) is 6.17. The lowest BCUT2D eigenvalue weighted by molar-refractivity contribution is -0.120. The summed E-state index contributed by atoms with van der Waals surface area (Å²) in [6, 6.07) is 21.6. The molecule has 0 aliphatic carbocycles. The van der Waals surface area contributed by atoms with Gasteiger partial charge in [-0.05, 0) is 54.4 Å². The van der Waals surface area contributed by atoms with Crippen LogP contribution in [0.1, 0.15) is 12.0 Å². The Morgan fingerprint density at radius 1 is 0.935 bits per heavy atom. The maximum atomic E-state index is 13.3. The molecule has 0 heterocycles. The third-order valence-electron chi connectivity index (χ3n) is 4.55. The number of anilines is 2. The number of amides is 3. The lowest BCUT2D eigenvalue weighted by Gasteiger charge is -2.23. The molecule has 3 aromatic carbocycles. The van der Waals surface area contributed by atoms with E-state index in [1.807, 2.05) is 30.3 Å². The molecule has 0 spiro atoms. The van der Waals surface area contributed by atoms with Gasteiger partial charge in [0.1, 0.15) is 5.82 Å². The van der Waals surface area contributed by atoms with Gasteiger partial charge < -0.3 is 10.6 Å². The van der Waals surface area contributed by atoms with Crippen molar-refractivity contribution >= 4 is 34.9 Å². The Morgan fingerprint density at radius 3 is 2.39 bits per heavy atom. The first-order valence-electron chi connectivity index (χ1n) is 9.91. The highest BCUT2D eigenvalue weighted by atomic mass is 35.5. The molecule has 0 saturated carbocycles. The van der Waals surface area contributed by atoms with E-state index in [0.717, 1.165) is 5.56 Å². The van der Waals surface area contributed by atoms with E-state index in [1.54, 1.807) is 36.4 Å². The second-order valence-corrected chi connectivity index (χ2v) is 7.37. The molecule has 0 aromatic heterocycles. The van der Waals surface area contributed by atoms with Crippen LogP contribution in [0.4, 0.5) is 20.6 Å². The monoisotopic (exact) mass is 439 g/mol. The fourth-order valence-corrected chi connectivity index (χ4v) is 3.23. The van der Waals surface area contributed by atoms with Crippen LogP contribution >= 0.6 is 11.6 Å². The van der Waals surface area contributed by atoms with Gasteiger partial charge >= 0.3 is 6.03 Å². The van der Waals surface area contributed by atoms with E-state index in [2.05, 4.69) is 10.6 Å². The molecular formula is C24H23ClFN3O2. The summed E-state index contributed by atoms with van der Waals surface area (Å²) in [5.74, 6) is -0.463. The molecular weight excluding hydrogens is 417 g/mol. The van der Waals surface area contributed by atoms with Gasteiger partial charge in [-0.2, -0.15) is 0 Å². The highest BCUT2D eigenvalue weighted by molar-refractivity contribution is 6.30. The largest absolute Gasteiger partial charge is 0.356 e. The molecule has 0 radical (unpaired) electrons. The predicted octanol–water partition coefficient (Wildman–Crippen LogP) is 5.27. The normalized spacial score (nSPS) is 10.4. The molecule has 5 nitrogen and oxygen atoms in total. The van der Waals surface area contributed by atoms with Gasteiger partial charge in [0, 0.05) is 29.5 Å². The van der Waals surface area contributed by atoms with Crippen LogP contribution in [-0.4, -0.2) is 25.0 Å². The smallest absolute Gasteiger partial charge is 0.326 e. The molecule has 7 heteroatoms. The molecule has 0 atom stereocenters. The molecule has 3 amide bonds. The third-order valence-corrected chi connectivity index (χ3v) is 4.78. The lowest BCUT2D eigenvalue weighted by Crippen LogP contribution is -2.37. The molecule has 0 aliphatic heterocycles. The van der Waals surface area contributed by atoms with E-state index in [9.17, 15) is 14.0 Å². The first-order chi connectivity index (χ1) is 15.0. The van der Waals surface area contributed by atoms with Crippen LogP contribution in [0.5, 0.6) is 0 Å². The molecule has 160 valence electrons. The zero-order valence-electron chi connectivity index (χ0n) is 16.9. The molecule has 0 saturated heterocycles. The van der Waals surface area contributed by atoms with E-state index >= 15 is 0 Å². The number of rotatable bonds is 8. The average molecular weight is 440 g/mol. The molecule has 0 fully saturated rings. The van der Waals surface area contributed by atoms with Crippen molar-refractivity contribution in [3.8, 4) is 0 Å². The van der Waals surface area contributed by atoms with E-state index in [0.29, 0.717) is 42.3 Å². The first kappa shape index (κ1) is 22.3. The summed E-state index contributed by atoms with van der Waals surface area (Å²) in [6.45, 7) is 0.747. The van der Waals surface area contributed by atoms with Crippen molar-refractivity contribution in [2.75, 3.05) is 23.3 Å². The second kappa shape index (κ2) is 11.1. The fourth-order valence-electron chi connectivity index (χ4n) is 3.03. The van der Waals surface area contributed by atoms with E-state index in [4.69, 9.17) is 11.6 Å². The molecule has 0 aliphatic rings. The third kappa shape index (κ3) is 7.12. The van der Waals surface area contributed by atoms with Gasteiger partial charge in [0.05, 0.1) is 6.42 Å². The predicted molar refractivity (Wildman–Crippen MR) is 122 cm³/mol. The Labute approximate surface area is 185 Å². The van der Waals surface area contributed by atoms with Gasteiger partial charge in [0.2, 0.25) is 5.91 Å². The average Bonchev–Trinajstić information content (AvgIpc) is 2.75. The van der Waals surface area contributed by atoms with E-state index in [-0.39, 0.29) is 17.8 Å². The molecule has 3 aromatic rings. The Morgan fingerprint density at radius 2 is 1.68 bits per heavy atom. The number of hydrogen-bond acceptors (Lipinski definition) is 2. The second-order valence-electron chi connectivity index (χ2n) is 6.93. The molecule has 2 N–H and O–H groups in total. The van der Waals surface area contributed by atoms with Crippen LogP contribution in [0.25, 0.3) is 0 Å². The van der Waals surface area contributed by atoms with Crippen LogP contribution in [-0.2, 0) is 11.2 Å². The number of urea groups is 1. The van der Waals surface area contributed by atoms with Gasteiger partial charge in [-0.25, -0.2) is 9.18 Å². The fraction of sp³-hybridized carbons (Fsp3) is 0.167. The van der Waals surface area contributed by atoms with E-state index < -0.39 is 0 Å². The zero-order chi connectivity index (χ0) is 22.1. The quantitative estimate of drug-likeness (QED) is 0.470. The molecule has 0 bridgehead atoms. The zero-order valence-corrected chi connectivity index (χ0v) is 17.6. The van der Waals surface area contributed by atoms with Crippen molar-refractivity contribution < 1.29 is 14.0 Å². The van der Waals surface area contributed by atoms with Crippen LogP contribution < -0.4 is 15.5 Å². The number of nitrogens with zero attached hydrogens (tertiary/aromatic N) is 1.